The van der Waals surface area contributed by atoms with Gasteiger partial charge in [-0.05, 0) is 12.1 Å². The summed E-state index contributed by atoms with van der Waals surface area (Å²) in [5.41, 5.74) is 7.30. The predicted molar refractivity (Wildman–Crippen MR) is 54.8 cm³/mol. The molecule has 1 N–H and O–H groups in total. The lowest BCUT2D eigenvalue weighted by Crippen LogP contribution is -2.15. The molecule has 0 saturated heterocycles. The molecule has 12 heavy (non-hydrogen) atoms. The fourth-order valence-corrected chi connectivity index (χ4v) is 3.61. The number of hydrogen-bond donors (Lipinski definition) is 0. The molecule has 1 aliphatic rings. The van der Waals surface area contributed by atoms with E-state index >= 15 is 0 Å². The quantitative estimate of drug-likeness (QED) is 0.689. The van der Waals surface area contributed by atoms with Crippen molar-refractivity contribution in [3.05, 3.63) is 24.3 Å². The first-order valence-electron chi connectivity index (χ1n) is 3.93. The average molecular weight is 196 g/mol. The summed E-state index contributed by atoms with van der Waals surface area (Å²) in [5, 5.41) is 0.491. The lowest BCUT2D eigenvalue weighted by atomic mass is 10.4. The van der Waals surface area contributed by atoms with E-state index in [-0.39, 0.29) is 0 Å². The van der Waals surface area contributed by atoms with Crippen LogP contribution in [0.4, 0.5) is 0 Å². The normalized spacial score (nSPS) is 21.9. The predicted octanol–water partition coefficient (Wildman–Crippen LogP) is 2.54. The first-order valence-corrected chi connectivity index (χ1v) is 5.80. The molecule has 1 aromatic carbocycles. The third kappa shape index (κ3) is 1.63. The Kier molecular flexibility index (Phi) is 2.63. The summed E-state index contributed by atoms with van der Waals surface area (Å²) in [6.45, 7) is 0.534. The maximum Gasteiger partial charge on any atom is 0.0328 e. The Morgan fingerprint density at radius 3 is 2.83 bits per heavy atom. The van der Waals surface area contributed by atoms with Gasteiger partial charge in [0.2, 0.25) is 0 Å². The minimum absolute atomic E-state index is 0.491. The minimum atomic E-state index is 0.491. The van der Waals surface area contributed by atoms with Gasteiger partial charge in [-0.15, -0.1) is 23.5 Å². The van der Waals surface area contributed by atoms with Crippen molar-refractivity contribution in [1.82, 2.24) is 5.73 Å². The van der Waals surface area contributed by atoms with Crippen molar-refractivity contribution >= 4 is 23.5 Å². The van der Waals surface area contributed by atoms with Gasteiger partial charge >= 0.3 is 0 Å². The molecule has 1 radical (unpaired) electrons. The Morgan fingerprint density at radius 2 is 2.08 bits per heavy atom. The number of rotatable bonds is 1. The van der Waals surface area contributed by atoms with E-state index in [0.717, 1.165) is 5.75 Å². The molecule has 1 atom stereocenters. The summed E-state index contributed by atoms with van der Waals surface area (Å²) in [6, 6.07) is 8.45. The Balaban J connectivity index is 2.23. The summed E-state index contributed by atoms with van der Waals surface area (Å²) in [4.78, 5) is 2.73. The summed E-state index contributed by atoms with van der Waals surface area (Å²) in [6.07, 6.45) is 0. The monoisotopic (exact) mass is 196 g/mol. The maximum absolute atomic E-state index is 7.30. The van der Waals surface area contributed by atoms with Gasteiger partial charge in [-0.3, -0.25) is 5.73 Å². The van der Waals surface area contributed by atoms with E-state index < -0.39 is 0 Å². The third-order valence-corrected chi connectivity index (χ3v) is 4.65. The van der Waals surface area contributed by atoms with Crippen molar-refractivity contribution < 1.29 is 0 Å². The van der Waals surface area contributed by atoms with Crippen LogP contribution >= 0.6 is 23.5 Å². The Bertz CT molecular complexity index is 275. The Morgan fingerprint density at radius 1 is 1.33 bits per heavy atom. The highest BCUT2D eigenvalue weighted by molar-refractivity contribution is 8.06. The molecule has 0 saturated carbocycles. The van der Waals surface area contributed by atoms with Crippen molar-refractivity contribution in [2.75, 3.05) is 12.3 Å². The first-order chi connectivity index (χ1) is 5.90. The highest BCUT2D eigenvalue weighted by Crippen LogP contribution is 2.39. The van der Waals surface area contributed by atoms with Gasteiger partial charge in [0.25, 0.3) is 0 Å². The van der Waals surface area contributed by atoms with E-state index in [1.54, 1.807) is 0 Å². The van der Waals surface area contributed by atoms with Crippen LogP contribution in [-0.4, -0.2) is 17.5 Å². The molecule has 0 bridgehead atoms. The molecule has 0 aliphatic carbocycles. The number of nitrogens with one attached hydrogen (secondary N) is 1. The molecule has 0 aromatic heterocycles. The van der Waals surface area contributed by atoms with Crippen LogP contribution < -0.4 is 5.73 Å². The van der Waals surface area contributed by atoms with Crippen LogP contribution in [0.1, 0.15) is 0 Å². The molecular formula is C9H10NS2. The van der Waals surface area contributed by atoms with Gasteiger partial charge in [-0.1, -0.05) is 12.1 Å². The zero-order valence-corrected chi connectivity index (χ0v) is 8.25. The molecule has 0 fully saturated rings. The second-order valence-electron chi connectivity index (χ2n) is 2.70. The molecule has 1 nitrogen and oxygen atoms in total. The van der Waals surface area contributed by atoms with Crippen molar-refractivity contribution in [2.24, 2.45) is 0 Å². The lowest BCUT2D eigenvalue weighted by Gasteiger charge is -2.21. The second kappa shape index (κ2) is 3.73. The molecule has 1 aliphatic heterocycles. The fourth-order valence-electron chi connectivity index (χ4n) is 1.16. The highest BCUT2D eigenvalue weighted by Gasteiger charge is 2.17. The zero-order chi connectivity index (χ0) is 8.39. The van der Waals surface area contributed by atoms with Crippen LogP contribution in [0, 0.1) is 0 Å². The van der Waals surface area contributed by atoms with E-state index in [9.17, 15) is 0 Å². The number of thioether (sulfide) groups is 2. The van der Waals surface area contributed by atoms with Crippen LogP contribution in [0.3, 0.4) is 0 Å². The van der Waals surface area contributed by atoms with Crippen molar-refractivity contribution in [2.45, 2.75) is 15.0 Å². The topological polar surface area (TPSA) is 23.8 Å². The summed E-state index contributed by atoms with van der Waals surface area (Å²) >= 11 is 3.73. The van der Waals surface area contributed by atoms with Crippen LogP contribution in [-0.2, 0) is 0 Å². The van der Waals surface area contributed by atoms with E-state index in [2.05, 4.69) is 24.3 Å². The number of benzene rings is 1. The van der Waals surface area contributed by atoms with E-state index in [1.165, 1.54) is 9.79 Å². The number of fused-ring (bicyclic) bond motifs is 1. The molecule has 63 valence electrons. The molecule has 2 rings (SSSR count). The molecule has 1 heterocycles. The largest absolute Gasteiger partial charge is 0.257 e. The van der Waals surface area contributed by atoms with Crippen LogP contribution in [0.25, 0.3) is 0 Å². The van der Waals surface area contributed by atoms with E-state index in [0.29, 0.717) is 11.8 Å². The lowest BCUT2D eigenvalue weighted by molar-refractivity contribution is 0.924. The van der Waals surface area contributed by atoms with Crippen LogP contribution in [0.15, 0.2) is 34.1 Å². The molecular weight excluding hydrogens is 186 g/mol. The van der Waals surface area contributed by atoms with Crippen LogP contribution in [0.5, 0.6) is 0 Å². The molecule has 3 heteroatoms. The average Bonchev–Trinajstić information content (AvgIpc) is 2.17. The number of hydrogen-bond acceptors (Lipinski definition) is 2. The smallest absolute Gasteiger partial charge is 0.0328 e. The van der Waals surface area contributed by atoms with Gasteiger partial charge in [-0.25, -0.2) is 0 Å². The fraction of sp³-hybridized carbons (Fsp3) is 0.333. The van der Waals surface area contributed by atoms with Gasteiger partial charge in [0.05, 0.1) is 0 Å². The maximum atomic E-state index is 7.30. The van der Waals surface area contributed by atoms with Crippen molar-refractivity contribution in [3.8, 4) is 0 Å². The van der Waals surface area contributed by atoms with Gasteiger partial charge in [0.15, 0.2) is 0 Å². The van der Waals surface area contributed by atoms with Crippen molar-refractivity contribution in [3.63, 3.8) is 0 Å². The Hall–Kier alpha value is -0.120. The minimum Gasteiger partial charge on any atom is -0.257 e. The van der Waals surface area contributed by atoms with Gasteiger partial charge in [0.1, 0.15) is 0 Å². The molecule has 1 aromatic rings. The third-order valence-electron chi connectivity index (χ3n) is 1.80. The highest BCUT2D eigenvalue weighted by atomic mass is 32.2. The molecule has 0 amide bonds. The first kappa shape index (κ1) is 8.48. The molecule has 1 unspecified atom stereocenters. The standard InChI is InChI=1S/C9H10NS2/c10-5-7-6-11-8-3-1-2-4-9(8)12-7/h1-4,7,10H,5-6H2. The van der Waals surface area contributed by atoms with E-state index in [4.69, 9.17) is 5.73 Å². The zero-order valence-electron chi connectivity index (χ0n) is 6.62. The SMILES string of the molecule is [NH]CC1CSc2ccccc2S1. The summed E-state index contributed by atoms with van der Waals surface area (Å²) in [5.74, 6) is 1.09. The van der Waals surface area contributed by atoms with Crippen LogP contribution in [0.2, 0.25) is 0 Å². The van der Waals surface area contributed by atoms with Gasteiger partial charge in [0, 0.05) is 27.3 Å². The van der Waals surface area contributed by atoms with Crippen molar-refractivity contribution in [1.29, 1.82) is 0 Å². The Labute approximate surface area is 81.1 Å². The van der Waals surface area contributed by atoms with E-state index in [1.807, 2.05) is 23.5 Å². The summed E-state index contributed by atoms with van der Waals surface area (Å²) in [7, 11) is 0. The van der Waals surface area contributed by atoms with Gasteiger partial charge in [-0.2, -0.15) is 0 Å². The summed E-state index contributed by atoms with van der Waals surface area (Å²) < 4.78 is 0. The molecule has 0 spiro atoms. The van der Waals surface area contributed by atoms with Gasteiger partial charge < -0.3 is 0 Å². The second-order valence-corrected chi connectivity index (χ2v) is 5.11.